The van der Waals surface area contributed by atoms with E-state index in [4.69, 9.17) is 27.9 Å². The lowest BCUT2D eigenvalue weighted by Crippen LogP contribution is -2.36. The molecule has 82 valence electrons. The van der Waals surface area contributed by atoms with Crippen molar-refractivity contribution in [1.29, 1.82) is 0 Å². The summed E-state index contributed by atoms with van der Waals surface area (Å²) < 4.78 is 5.32. The Morgan fingerprint density at radius 1 is 1.27 bits per heavy atom. The minimum absolute atomic E-state index is 0.518. The number of hydrogen-bond donors (Lipinski definition) is 0. The lowest BCUT2D eigenvalue weighted by atomic mass is 10.1. The van der Waals surface area contributed by atoms with Crippen molar-refractivity contribution in [3.05, 3.63) is 28.8 Å². The molecule has 0 saturated carbocycles. The van der Waals surface area contributed by atoms with Gasteiger partial charge in [0.2, 0.25) is 0 Å². The topological polar surface area (TPSA) is 12.5 Å². The molecule has 0 bridgehead atoms. The summed E-state index contributed by atoms with van der Waals surface area (Å²) in [5, 5.41) is 0.755. The van der Waals surface area contributed by atoms with E-state index in [0.29, 0.717) is 5.88 Å². The summed E-state index contributed by atoms with van der Waals surface area (Å²) in [7, 11) is 0. The molecule has 0 N–H and O–H groups in total. The molecule has 1 aliphatic heterocycles. The van der Waals surface area contributed by atoms with Gasteiger partial charge >= 0.3 is 0 Å². The number of halogens is 2. The molecule has 0 radical (unpaired) electrons. The number of benzene rings is 1. The largest absolute Gasteiger partial charge is 0.378 e. The second-order valence-electron chi connectivity index (χ2n) is 3.51. The van der Waals surface area contributed by atoms with Crippen LogP contribution in [-0.2, 0) is 10.6 Å². The molecular weight excluding hydrogens is 233 g/mol. The number of hydrogen-bond acceptors (Lipinski definition) is 2. The second kappa shape index (κ2) is 5.06. The van der Waals surface area contributed by atoms with Crippen molar-refractivity contribution in [2.24, 2.45) is 0 Å². The van der Waals surface area contributed by atoms with Crippen molar-refractivity contribution in [2.45, 2.75) is 5.88 Å². The number of alkyl halides is 1. The molecule has 1 saturated heterocycles. The van der Waals surface area contributed by atoms with Gasteiger partial charge in [0.05, 0.1) is 13.2 Å². The fourth-order valence-electron chi connectivity index (χ4n) is 1.75. The van der Waals surface area contributed by atoms with Crippen LogP contribution in [-0.4, -0.2) is 26.3 Å². The number of ether oxygens (including phenoxy) is 1. The third-order valence-corrected chi connectivity index (χ3v) is 3.07. The van der Waals surface area contributed by atoms with Crippen LogP contribution in [0.4, 0.5) is 5.69 Å². The molecule has 0 aromatic heterocycles. The molecule has 1 aromatic carbocycles. The van der Waals surface area contributed by atoms with Gasteiger partial charge in [-0.05, 0) is 17.7 Å². The van der Waals surface area contributed by atoms with Crippen LogP contribution in [0.25, 0.3) is 0 Å². The first-order valence-corrected chi connectivity index (χ1v) is 5.89. The maximum absolute atomic E-state index is 5.99. The number of nitrogens with zero attached hydrogens (tertiary/aromatic N) is 1. The van der Waals surface area contributed by atoms with Gasteiger partial charge in [0.15, 0.2) is 0 Å². The van der Waals surface area contributed by atoms with E-state index in [1.165, 1.54) is 0 Å². The van der Waals surface area contributed by atoms with E-state index in [9.17, 15) is 0 Å². The van der Waals surface area contributed by atoms with Crippen molar-refractivity contribution in [1.82, 2.24) is 0 Å². The quantitative estimate of drug-likeness (QED) is 0.744. The summed E-state index contributed by atoms with van der Waals surface area (Å²) in [4.78, 5) is 2.27. The molecule has 0 spiro atoms. The molecule has 2 rings (SSSR count). The molecule has 15 heavy (non-hydrogen) atoms. The van der Waals surface area contributed by atoms with Crippen LogP contribution in [0.5, 0.6) is 0 Å². The highest BCUT2D eigenvalue weighted by Gasteiger charge is 2.14. The van der Waals surface area contributed by atoms with Gasteiger partial charge in [-0.25, -0.2) is 0 Å². The van der Waals surface area contributed by atoms with E-state index >= 15 is 0 Å². The van der Waals surface area contributed by atoms with Crippen LogP contribution >= 0.6 is 23.2 Å². The summed E-state index contributed by atoms with van der Waals surface area (Å²) in [6.45, 7) is 3.36. The third kappa shape index (κ3) is 2.57. The zero-order valence-electron chi connectivity index (χ0n) is 8.38. The molecule has 0 unspecified atom stereocenters. The monoisotopic (exact) mass is 245 g/mol. The van der Waals surface area contributed by atoms with E-state index in [1.54, 1.807) is 0 Å². The number of morpholine rings is 1. The molecule has 0 amide bonds. The van der Waals surface area contributed by atoms with Crippen LogP contribution in [0.15, 0.2) is 18.2 Å². The van der Waals surface area contributed by atoms with Crippen molar-refractivity contribution in [3.8, 4) is 0 Å². The predicted molar refractivity (Wildman–Crippen MR) is 64.0 cm³/mol. The molecule has 0 atom stereocenters. The Morgan fingerprint density at radius 2 is 2.00 bits per heavy atom. The van der Waals surface area contributed by atoms with E-state index in [0.717, 1.165) is 42.6 Å². The Balaban J connectivity index is 2.27. The highest BCUT2D eigenvalue weighted by molar-refractivity contribution is 6.31. The lowest BCUT2D eigenvalue weighted by molar-refractivity contribution is 0.122. The minimum Gasteiger partial charge on any atom is -0.378 e. The Hall–Kier alpha value is -0.440. The summed E-state index contributed by atoms with van der Waals surface area (Å²) in [6.07, 6.45) is 0. The Kier molecular flexibility index (Phi) is 3.73. The third-order valence-electron chi connectivity index (χ3n) is 2.54. The van der Waals surface area contributed by atoms with Gasteiger partial charge < -0.3 is 9.64 Å². The predicted octanol–water partition coefficient (Wildman–Crippen LogP) is 2.92. The summed E-state index contributed by atoms with van der Waals surface area (Å²) >= 11 is 11.9. The molecule has 1 fully saturated rings. The zero-order valence-corrected chi connectivity index (χ0v) is 9.89. The van der Waals surface area contributed by atoms with Gasteiger partial charge in [-0.15, -0.1) is 11.6 Å². The Bertz CT molecular complexity index is 337. The van der Waals surface area contributed by atoms with Gasteiger partial charge in [-0.2, -0.15) is 0 Å². The molecule has 4 heteroatoms. The second-order valence-corrected chi connectivity index (χ2v) is 4.21. The smallest absolute Gasteiger partial charge is 0.0642 e. The van der Waals surface area contributed by atoms with Crippen LogP contribution in [0.2, 0.25) is 5.02 Å². The van der Waals surface area contributed by atoms with E-state index in [1.807, 2.05) is 18.2 Å². The summed E-state index contributed by atoms with van der Waals surface area (Å²) in [6, 6.07) is 5.84. The molecule has 0 aliphatic carbocycles. The average molecular weight is 246 g/mol. The van der Waals surface area contributed by atoms with Gasteiger partial charge in [-0.1, -0.05) is 17.7 Å². The normalized spacial score (nSPS) is 16.8. The summed E-state index contributed by atoms with van der Waals surface area (Å²) in [5.41, 5.74) is 2.27. The molecule has 1 heterocycles. The van der Waals surface area contributed by atoms with Crippen molar-refractivity contribution in [2.75, 3.05) is 31.2 Å². The molecule has 1 aliphatic rings. The number of rotatable bonds is 2. The average Bonchev–Trinajstić information content (AvgIpc) is 2.30. The highest BCUT2D eigenvalue weighted by Crippen LogP contribution is 2.26. The standard InChI is InChI=1S/C11H13Cl2NO/c12-8-9-1-2-10(13)7-11(9)14-3-5-15-6-4-14/h1-2,7H,3-6,8H2. The lowest BCUT2D eigenvalue weighted by Gasteiger charge is -2.30. The van der Waals surface area contributed by atoms with Crippen LogP contribution in [0.3, 0.4) is 0 Å². The van der Waals surface area contributed by atoms with E-state index < -0.39 is 0 Å². The Morgan fingerprint density at radius 3 is 2.67 bits per heavy atom. The maximum Gasteiger partial charge on any atom is 0.0642 e. The van der Waals surface area contributed by atoms with Gasteiger partial charge in [0, 0.05) is 29.7 Å². The minimum atomic E-state index is 0.518. The van der Waals surface area contributed by atoms with Crippen LogP contribution < -0.4 is 4.90 Å². The van der Waals surface area contributed by atoms with Gasteiger partial charge in [0.1, 0.15) is 0 Å². The molecular formula is C11H13Cl2NO. The van der Waals surface area contributed by atoms with Crippen LogP contribution in [0, 0.1) is 0 Å². The number of anilines is 1. The fourth-order valence-corrected chi connectivity index (χ4v) is 2.14. The van der Waals surface area contributed by atoms with E-state index in [2.05, 4.69) is 4.90 Å². The van der Waals surface area contributed by atoms with Gasteiger partial charge in [-0.3, -0.25) is 0 Å². The molecule has 2 nitrogen and oxygen atoms in total. The highest BCUT2D eigenvalue weighted by atomic mass is 35.5. The molecule has 1 aromatic rings. The zero-order chi connectivity index (χ0) is 10.7. The first-order chi connectivity index (χ1) is 7.31. The van der Waals surface area contributed by atoms with Crippen molar-refractivity contribution in [3.63, 3.8) is 0 Å². The first kappa shape index (κ1) is 11.1. The van der Waals surface area contributed by atoms with Crippen molar-refractivity contribution >= 4 is 28.9 Å². The Labute approximate surface area is 99.7 Å². The van der Waals surface area contributed by atoms with Gasteiger partial charge in [0.25, 0.3) is 0 Å². The van der Waals surface area contributed by atoms with E-state index in [-0.39, 0.29) is 0 Å². The fraction of sp³-hybridized carbons (Fsp3) is 0.455. The maximum atomic E-state index is 5.99. The van der Waals surface area contributed by atoms with Crippen molar-refractivity contribution < 1.29 is 4.74 Å². The summed E-state index contributed by atoms with van der Waals surface area (Å²) in [5.74, 6) is 0.518. The first-order valence-electron chi connectivity index (χ1n) is 4.98. The SMILES string of the molecule is ClCc1ccc(Cl)cc1N1CCOCC1. The van der Waals surface area contributed by atoms with Crippen LogP contribution in [0.1, 0.15) is 5.56 Å².